The third-order valence-corrected chi connectivity index (χ3v) is 3.89. The minimum absolute atomic E-state index is 0.136. The molecule has 7 nitrogen and oxygen atoms in total. The smallest absolute Gasteiger partial charge is 0.323 e. The van der Waals surface area contributed by atoms with Crippen molar-refractivity contribution in [2.45, 2.75) is 26.9 Å². The van der Waals surface area contributed by atoms with Gasteiger partial charge in [0.15, 0.2) is 11.5 Å². The fourth-order valence-electron chi connectivity index (χ4n) is 2.58. The lowest BCUT2D eigenvalue weighted by atomic mass is 10.2. The van der Waals surface area contributed by atoms with Crippen LogP contribution in [-0.2, 0) is 17.9 Å². The molecular formula is C16H23N3O4. The van der Waals surface area contributed by atoms with E-state index in [0.29, 0.717) is 23.6 Å². The molecule has 126 valence electrons. The Kier molecular flexibility index (Phi) is 5.44. The first-order valence-electron chi connectivity index (χ1n) is 7.59. The summed E-state index contributed by atoms with van der Waals surface area (Å²) in [6.07, 6.45) is 0. The number of aliphatic carboxylic acids is 1. The number of fused-ring (bicyclic) bond motifs is 1. The van der Waals surface area contributed by atoms with Gasteiger partial charge in [0.1, 0.15) is 12.4 Å². The topological polar surface area (TPSA) is 76.8 Å². The number of rotatable bonds is 8. The Hall–Kier alpha value is -2.28. The third-order valence-electron chi connectivity index (χ3n) is 3.89. The zero-order valence-corrected chi connectivity index (χ0v) is 14.0. The number of hydrogen-bond donors (Lipinski definition) is 1. The average molecular weight is 321 g/mol. The fourth-order valence-corrected chi connectivity index (χ4v) is 2.58. The lowest BCUT2D eigenvalue weighted by molar-refractivity contribution is -0.137. The van der Waals surface area contributed by atoms with Crippen molar-refractivity contribution in [3.8, 4) is 11.5 Å². The molecule has 2 rings (SSSR count). The predicted molar refractivity (Wildman–Crippen MR) is 87.1 cm³/mol. The minimum Gasteiger partial charge on any atom is -0.493 e. The van der Waals surface area contributed by atoms with Gasteiger partial charge in [0.2, 0.25) is 0 Å². The first-order valence-corrected chi connectivity index (χ1v) is 7.59. The zero-order chi connectivity index (χ0) is 17.0. The van der Waals surface area contributed by atoms with E-state index in [1.54, 1.807) is 30.9 Å². The molecule has 2 aromatic rings. The highest BCUT2D eigenvalue weighted by Crippen LogP contribution is 2.32. The summed E-state index contributed by atoms with van der Waals surface area (Å²) in [5.74, 6) is 0.955. The standard InChI is InChI=1S/C16H23N3O4/c1-5-18(6-2)9-15-17-11-7-13(22-3)14(23-4)8-12(11)19(15)10-16(20)21/h7-8H,5-6,9-10H2,1-4H3,(H,20,21). The molecule has 0 saturated carbocycles. The van der Waals surface area contributed by atoms with Gasteiger partial charge in [0.25, 0.3) is 0 Å². The Balaban J connectivity index is 2.58. The largest absolute Gasteiger partial charge is 0.493 e. The van der Waals surface area contributed by atoms with Gasteiger partial charge in [-0.2, -0.15) is 0 Å². The number of nitrogens with zero attached hydrogens (tertiary/aromatic N) is 3. The lowest BCUT2D eigenvalue weighted by Crippen LogP contribution is -2.25. The number of carboxylic acid groups (broad SMARTS) is 1. The van der Waals surface area contributed by atoms with E-state index in [1.807, 2.05) is 0 Å². The summed E-state index contributed by atoms with van der Waals surface area (Å²) in [6.45, 7) is 6.35. The van der Waals surface area contributed by atoms with Gasteiger partial charge >= 0.3 is 5.97 Å². The van der Waals surface area contributed by atoms with Gasteiger partial charge in [0.05, 0.1) is 31.8 Å². The van der Waals surface area contributed by atoms with Gasteiger partial charge in [-0.3, -0.25) is 9.69 Å². The maximum absolute atomic E-state index is 11.2. The first-order chi connectivity index (χ1) is 11.0. The Morgan fingerprint density at radius 2 is 1.83 bits per heavy atom. The summed E-state index contributed by atoms with van der Waals surface area (Å²) >= 11 is 0. The molecule has 1 aromatic heterocycles. The lowest BCUT2D eigenvalue weighted by Gasteiger charge is -2.18. The molecule has 0 unspecified atom stereocenters. The number of benzene rings is 1. The molecule has 7 heteroatoms. The van der Waals surface area contributed by atoms with Gasteiger partial charge in [-0.1, -0.05) is 13.8 Å². The van der Waals surface area contributed by atoms with Gasteiger partial charge in [-0.15, -0.1) is 0 Å². The maximum atomic E-state index is 11.2. The number of aromatic nitrogens is 2. The van der Waals surface area contributed by atoms with Crippen molar-refractivity contribution in [3.63, 3.8) is 0 Å². The molecule has 23 heavy (non-hydrogen) atoms. The van der Waals surface area contributed by atoms with E-state index in [4.69, 9.17) is 9.47 Å². The molecule has 0 radical (unpaired) electrons. The van der Waals surface area contributed by atoms with Gasteiger partial charge in [-0.25, -0.2) is 4.98 Å². The Morgan fingerprint density at radius 3 is 2.35 bits per heavy atom. The summed E-state index contributed by atoms with van der Waals surface area (Å²) in [6, 6.07) is 3.55. The molecule has 0 amide bonds. The molecule has 1 heterocycles. The summed E-state index contributed by atoms with van der Waals surface area (Å²) < 4.78 is 12.3. The van der Waals surface area contributed by atoms with Crippen molar-refractivity contribution in [3.05, 3.63) is 18.0 Å². The van der Waals surface area contributed by atoms with Crippen LogP contribution in [0, 0.1) is 0 Å². The Labute approximate surface area is 135 Å². The van der Waals surface area contributed by atoms with Crippen LogP contribution in [0.4, 0.5) is 0 Å². The van der Waals surface area contributed by atoms with E-state index >= 15 is 0 Å². The van der Waals surface area contributed by atoms with Crippen LogP contribution in [-0.4, -0.2) is 52.8 Å². The summed E-state index contributed by atoms with van der Waals surface area (Å²) in [7, 11) is 3.12. The second kappa shape index (κ2) is 7.32. The van der Waals surface area contributed by atoms with Crippen molar-refractivity contribution in [1.82, 2.24) is 14.5 Å². The van der Waals surface area contributed by atoms with Crippen LogP contribution in [0.2, 0.25) is 0 Å². The number of carboxylic acids is 1. The SMILES string of the molecule is CCN(CC)Cc1nc2cc(OC)c(OC)cc2n1CC(=O)O. The van der Waals surface area contributed by atoms with E-state index in [-0.39, 0.29) is 6.54 Å². The normalized spacial score (nSPS) is 11.2. The third kappa shape index (κ3) is 3.56. The number of carbonyl (C=O) groups is 1. The van der Waals surface area contributed by atoms with E-state index in [2.05, 4.69) is 23.7 Å². The van der Waals surface area contributed by atoms with Crippen LogP contribution in [0.3, 0.4) is 0 Å². The van der Waals surface area contributed by atoms with Crippen molar-refractivity contribution < 1.29 is 19.4 Å². The summed E-state index contributed by atoms with van der Waals surface area (Å²) in [5, 5.41) is 9.23. The van der Waals surface area contributed by atoms with Crippen LogP contribution >= 0.6 is 0 Å². The van der Waals surface area contributed by atoms with Crippen LogP contribution < -0.4 is 9.47 Å². The molecule has 0 bridgehead atoms. The van der Waals surface area contributed by atoms with Crippen LogP contribution in [0.1, 0.15) is 19.7 Å². The van der Waals surface area contributed by atoms with Crippen molar-refractivity contribution in [1.29, 1.82) is 0 Å². The fraction of sp³-hybridized carbons (Fsp3) is 0.500. The van der Waals surface area contributed by atoms with E-state index in [0.717, 1.165) is 24.4 Å². The monoisotopic (exact) mass is 321 g/mol. The number of ether oxygens (including phenoxy) is 2. The molecular weight excluding hydrogens is 298 g/mol. The zero-order valence-electron chi connectivity index (χ0n) is 14.0. The molecule has 0 aliphatic rings. The van der Waals surface area contributed by atoms with Gasteiger partial charge in [0, 0.05) is 12.1 Å². The second-order valence-electron chi connectivity index (χ2n) is 5.17. The second-order valence-corrected chi connectivity index (χ2v) is 5.17. The highest BCUT2D eigenvalue weighted by molar-refractivity contribution is 5.82. The molecule has 0 aliphatic carbocycles. The molecule has 0 saturated heterocycles. The van der Waals surface area contributed by atoms with Gasteiger partial charge < -0.3 is 19.1 Å². The predicted octanol–water partition coefficient (Wildman–Crippen LogP) is 1.98. The van der Waals surface area contributed by atoms with Crippen molar-refractivity contribution in [2.75, 3.05) is 27.3 Å². The quantitative estimate of drug-likeness (QED) is 0.801. The average Bonchev–Trinajstić information content (AvgIpc) is 2.87. The molecule has 1 N–H and O–H groups in total. The van der Waals surface area contributed by atoms with Crippen LogP contribution in [0.15, 0.2) is 12.1 Å². The highest BCUT2D eigenvalue weighted by atomic mass is 16.5. The Bertz CT molecular complexity index is 692. The number of imidazole rings is 1. The summed E-state index contributed by atoms with van der Waals surface area (Å²) in [5.41, 5.74) is 1.43. The number of methoxy groups -OCH3 is 2. The summed E-state index contributed by atoms with van der Waals surface area (Å²) in [4.78, 5) is 18.0. The van der Waals surface area contributed by atoms with Crippen molar-refractivity contribution in [2.24, 2.45) is 0 Å². The van der Waals surface area contributed by atoms with Crippen molar-refractivity contribution >= 4 is 17.0 Å². The number of hydrogen-bond acceptors (Lipinski definition) is 5. The van der Waals surface area contributed by atoms with E-state index in [9.17, 15) is 9.90 Å². The molecule has 1 aromatic carbocycles. The van der Waals surface area contributed by atoms with E-state index in [1.165, 1.54) is 0 Å². The molecule has 0 aliphatic heterocycles. The minimum atomic E-state index is -0.903. The first kappa shape index (κ1) is 17.1. The maximum Gasteiger partial charge on any atom is 0.323 e. The molecule has 0 spiro atoms. The van der Waals surface area contributed by atoms with Crippen LogP contribution in [0.25, 0.3) is 11.0 Å². The van der Waals surface area contributed by atoms with Gasteiger partial charge in [-0.05, 0) is 13.1 Å². The van der Waals surface area contributed by atoms with Crippen LogP contribution in [0.5, 0.6) is 11.5 Å². The van der Waals surface area contributed by atoms with E-state index < -0.39 is 5.97 Å². The Morgan fingerprint density at radius 1 is 1.22 bits per heavy atom. The molecule has 0 fully saturated rings. The highest BCUT2D eigenvalue weighted by Gasteiger charge is 2.18. The molecule has 0 atom stereocenters.